The van der Waals surface area contributed by atoms with Crippen molar-refractivity contribution in [2.75, 3.05) is 118 Å². The Bertz CT molecular complexity index is 1140. The number of nitrogens with two attached hydrogens (primary N) is 6. The van der Waals surface area contributed by atoms with Crippen molar-refractivity contribution in [1.29, 1.82) is 0 Å². The predicted molar refractivity (Wildman–Crippen MR) is 289 cm³/mol. The van der Waals surface area contributed by atoms with Crippen molar-refractivity contribution >= 4 is 58.2 Å². The molecule has 25 heteroatoms. The van der Waals surface area contributed by atoms with Gasteiger partial charge in [-0.1, -0.05) is 19.6 Å². The third-order valence-electron chi connectivity index (χ3n) is 11.6. The molecule has 0 aromatic rings. The maximum absolute atomic E-state index is 12.0. The first-order valence-corrected chi connectivity index (χ1v) is 44.6. The molecule has 0 heterocycles. The van der Waals surface area contributed by atoms with Crippen LogP contribution >= 0.6 is 0 Å². The largest absolute Gasteiger partial charge is 0.439 e. The average molecular weight is 1040 g/mol. The Labute approximate surface area is 399 Å². The average Bonchev–Trinajstić information content (AvgIpc) is 3.19. The lowest BCUT2D eigenvalue weighted by Crippen LogP contribution is -2.67. The Morgan fingerprint density at radius 3 is 0.812 bits per heavy atom. The molecule has 0 fully saturated rings. The number of hydrogen-bond acceptors (Lipinski definition) is 18. The zero-order chi connectivity index (χ0) is 48.5. The molecule has 0 aliphatic heterocycles. The Hall–Kier alpha value is 0.798. The van der Waals surface area contributed by atoms with Gasteiger partial charge in [0.05, 0.1) is 7.59 Å². The highest BCUT2D eigenvalue weighted by Gasteiger charge is 2.55. The van der Waals surface area contributed by atoms with Gasteiger partial charge < -0.3 is 91.7 Å². The smallest absolute Gasteiger partial charge is 0.323 e. The summed E-state index contributed by atoms with van der Waals surface area (Å²) in [6, 6.07) is 4.75. The molecular weight excluding hydrogens is 929 g/mol. The van der Waals surface area contributed by atoms with Gasteiger partial charge in [0.25, 0.3) is 0 Å². The van der Waals surface area contributed by atoms with Gasteiger partial charge in [0.1, 0.15) is 0 Å². The molecule has 0 amide bonds. The van der Waals surface area contributed by atoms with E-state index in [9.17, 15) is 4.80 Å². The first kappa shape index (κ1) is 64.8. The van der Waals surface area contributed by atoms with Gasteiger partial charge in [-0.3, -0.25) is 0 Å². The summed E-state index contributed by atoms with van der Waals surface area (Å²) in [6.07, 6.45) is 5.34. The van der Waals surface area contributed by atoms with Gasteiger partial charge in [0.2, 0.25) is 0 Å². The highest BCUT2D eigenvalue weighted by molar-refractivity contribution is 7.39. The molecule has 0 rings (SSSR count). The highest BCUT2D eigenvalue weighted by Crippen LogP contribution is 2.37. The molecule has 0 aliphatic carbocycles. The zero-order valence-corrected chi connectivity index (χ0v) is 49.7. The molecule has 19 N–H and O–H groups in total. The number of hydrogen-bond donors (Lipinski definition) is 13. The second-order valence-electron chi connectivity index (χ2n) is 19.6. The fourth-order valence-electron chi connectivity index (χ4n) is 8.03. The summed E-state index contributed by atoms with van der Waals surface area (Å²) in [4.78, 5) is 12.0. The van der Waals surface area contributed by atoms with Crippen LogP contribution in [0.3, 0.4) is 0 Å². The summed E-state index contributed by atoms with van der Waals surface area (Å²) >= 11 is 0. The SMILES string of the molecule is C[Si](O)(CCCNCCN)O[Si](C)(CCCNCCN)O[Si](C)(CCCNCCN)O[Si](C)(CCCNCCN)O[Si](C)(CCCNCCN)O[Si](C)(CCCNCCN)[Si](C)(C)C. The summed E-state index contributed by atoms with van der Waals surface area (Å²) in [5.41, 5.74) is 35.0. The lowest BCUT2D eigenvalue weighted by molar-refractivity contribution is 0.252. The van der Waals surface area contributed by atoms with Crippen molar-refractivity contribution in [1.82, 2.24) is 31.9 Å². The molecule has 18 nitrogen and oxygen atoms in total. The van der Waals surface area contributed by atoms with Crippen molar-refractivity contribution in [2.45, 2.75) is 134 Å². The first-order chi connectivity index (χ1) is 30.1. The Balaban J connectivity index is 7.32. The predicted octanol–water partition coefficient (Wildman–Crippen LogP) is 1.04. The Kier molecular flexibility index (Phi) is 36.3. The molecule has 0 aliphatic rings. The van der Waals surface area contributed by atoms with E-state index in [1.54, 1.807) is 0 Å². The molecule has 0 radical (unpaired) electrons. The highest BCUT2D eigenvalue weighted by atomic mass is 29.3. The number of rotatable bonds is 47. The normalized spacial score (nSPS) is 18.2. The lowest BCUT2D eigenvalue weighted by atomic mass is 10.5. The van der Waals surface area contributed by atoms with Crippen molar-refractivity contribution in [3.63, 3.8) is 0 Å². The zero-order valence-electron chi connectivity index (χ0n) is 42.7. The van der Waals surface area contributed by atoms with E-state index in [1.807, 2.05) is 6.55 Å². The Morgan fingerprint density at radius 1 is 0.312 bits per heavy atom. The van der Waals surface area contributed by atoms with Gasteiger partial charge in [-0.15, -0.1) is 0 Å². The summed E-state index contributed by atoms with van der Waals surface area (Å²) in [7, 11) is -19.3. The summed E-state index contributed by atoms with van der Waals surface area (Å²) in [5, 5.41) is 20.8. The molecule has 0 saturated heterocycles. The van der Waals surface area contributed by atoms with Crippen molar-refractivity contribution in [3.8, 4) is 0 Å². The molecule has 0 spiro atoms. The monoisotopic (exact) mass is 1030 g/mol. The van der Waals surface area contributed by atoms with Crippen LogP contribution < -0.4 is 66.3 Å². The van der Waals surface area contributed by atoms with Crippen LogP contribution in [0.2, 0.25) is 95.2 Å². The van der Waals surface area contributed by atoms with E-state index in [4.69, 9.17) is 55.0 Å². The molecule has 6 unspecified atom stereocenters. The van der Waals surface area contributed by atoms with Crippen LogP contribution in [0.15, 0.2) is 0 Å². The van der Waals surface area contributed by atoms with Crippen LogP contribution in [-0.4, -0.2) is 181 Å². The van der Waals surface area contributed by atoms with E-state index in [0.29, 0.717) is 51.4 Å². The third kappa shape index (κ3) is 31.1. The van der Waals surface area contributed by atoms with Crippen LogP contribution in [0.4, 0.5) is 0 Å². The second-order valence-corrected chi connectivity index (χ2v) is 52.7. The van der Waals surface area contributed by atoms with Crippen molar-refractivity contribution in [2.24, 2.45) is 34.4 Å². The molecule has 0 aromatic heterocycles. The number of nitrogens with one attached hydrogen (secondary N) is 6. The van der Waals surface area contributed by atoms with Gasteiger partial charge >= 0.3 is 42.8 Å². The third-order valence-corrected chi connectivity index (χ3v) is 51.0. The van der Waals surface area contributed by atoms with Crippen molar-refractivity contribution in [3.05, 3.63) is 0 Å². The van der Waals surface area contributed by atoms with Gasteiger partial charge in [-0.2, -0.15) is 0 Å². The summed E-state index contributed by atoms with van der Waals surface area (Å²) in [6.45, 7) is 33.8. The minimum atomic E-state index is -3.14. The topological polar surface area (TPSA) is 295 Å². The maximum Gasteiger partial charge on any atom is 0.323 e. The van der Waals surface area contributed by atoms with Gasteiger partial charge in [-0.05, 0) is 153 Å². The molecule has 0 saturated carbocycles. The van der Waals surface area contributed by atoms with Gasteiger partial charge in [0.15, 0.2) is 7.83 Å². The molecule has 6 atom stereocenters. The maximum atomic E-state index is 12.0. The van der Waals surface area contributed by atoms with Crippen LogP contribution in [0.25, 0.3) is 0 Å². The van der Waals surface area contributed by atoms with Gasteiger partial charge in [0, 0.05) is 78.5 Å². The fourth-order valence-corrected chi connectivity index (χ4v) is 47.2. The minimum absolute atomic E-state index is 0.575. The quantitative estimate of drug-likeness (QED) is 0.0300. The summed E-state index contributed by atoms with van der Waals surface area (Å²) in [5.74, 6) is 0. The van der Waals surface area contributed by atoms with Gasteiger partial charge in [-0.25, -0.2) is 0 Å². The lowest BCUT2D eigenvalue weighted by Gasteiger charge is -2.49. The molecule has 386 valence electrons. The Morgan fingerprint density at radius 2 is 0.547 bits per heavy atom. The van der Waals surface area contributed by atoms with Crippen LogP contribution in [0, 0.1) is 0 Å². The van der Waals surface area contributed by atoms with Crippen LogP contribution in [-0.2, 0) is 20.6 Å². The van der Waals surface area contributed by atoms with E-state index in [0.717, 1.165) is 141 Å². The first-order valence-electron chi connectivity index (χ1n) is 24.8. The van der Waals surface area contributed by atoms with E-state index >= 15 is 0 Å². The standard InChI is InChI=1S/C39H106N12O6Si7/c1-58(2,3)64(9,39-15-27-51-33-21-45)57-63(8,38-14-26-50-32-20-44)56-62(7,37-13-25-49-31-19-43)55-61(6,36-12-24-48-30-18-42)54-60(5,35-11-23-47-29-17-41)53-59(4,52)34-10-22-46-28-16-40/h46-52H,10-45H2,1-9H3. The van der Waals surface area contributed by atoms with E-state index in [-0.39, 0.29) is 0 Å². The molecule has 0 bridgehead atoms. The minimum Gasteiger partial charge on any atom is -0.439 e. The molecular formula is C39H106N12O6Si7. The van der Waals surface area contributed by atoms with Crippen molar-refractivity contribution < 1.29 is 25.4 Å². The van der Waals surface area contributed by atoms with E-state index in [2.05, 4.69) is 84.3 Å². The summed E-state index contributed by atoms with van der Waals surface area (Å²) < 4.78 is 38.0. The second kappa shape index (κ2) is 35.8. The van der Waals surface area contributed by atoms with Crippen LogP contribution in [0.1, 0.15) is 38.5 Å². The van der Waals surface area contributed by atoms with E-state index in [1.165, 1.54) is 0 Å². The van der Waals surface area contributed by atoms with Crippen LogP contribution in [0.5, 0.6) is 0 Å². The van der Waals surface area contributed by atoms with E-state index < -0.39 is 58.2 Å². The molecule has 64 heavy (non-hydrogen) atoms. The molecule has 0 aromatic carbocycles. The fraction of sp³-hybridized carbons (Fsp3) is 1.00.